The average molecular weight is 307 g/mol. The van der Waals surface area contributed by atoms with Crippen LogP contribution in [0, 0.1) is 0 Å². The Morgan fingerprint density at radius 3 is 2.55 bits per heavy atom. The van der Waals surface area contributed by atoms with Gasteiger partial charge in [0.05, 0.1) is 18.8 Å². The molecule has 0 amide bonds. The van der Waals surface area contributed by atoms with Crippen LogP contribution < -0.4 is 10.6 Å². The number of aliphatic imine (C=N–C) groups is 1. The molecule has 0 aromatic heterocycles. The van der Waals surface area contributed by atoms with Crippen LogP contribution in [0.4, 0.5) is 5.69 Å². The Labute approximate surface area is 133 Å². The molecule has 5 nitrogen and oxygen atoms in total. The van der Waals surface area contributed by atoms with E-state index in [9.17, 15) is 5.11 Å². The summed E-state index contributed by atoms with van der Waals surface area (Å²) in [6.45, 7) is 11.6. The van der Waals surface area contributed by atoms with E-state index < -0.39 is 0 Å². The number of nitrogens with one attached hydrogen (secondary N) is 2. The van der Waals surface area contributed by atoms with Gasteiger partial charge in [0.1, 0.15) is 5.75 Å². The molecule has 0 unspecified atom stereocenters. The Morgan fingerprint density at radius 2 is 2.00 bits per heavy atom. The quantitative estimate of drug-likeness (QED) is 0.338. The van der Waals surface area contributed by atoms with Crippen molar-refractivity contribution in [1.82, 2.24) is 5.32 Å². The number of benzene rings is 1. The maximum absolute atomic E-state index is 10.1. The first-order valence-corrected chi connectivity index (χ1v) is 7.64. The molecule has 0 aliphatic heterocycles. The zero-order valence-corrected chi connectivity index (χ0v) is 14.5. The van der Waals surface area contributed by atoms with Gasteiger partial charge >= 0.3 is 0 Å². The SMILES string of the molecule is COCCN=C(Nc1cc(C(C)(C)C)ccc1O)NC(C)C. The van der Waals surface area contributed by atoms with Crippen LogP contribution in [0.3, 0.4) is 0 Å². The van der Waals surface area contributed by atoms with E-state index in [1.807, 2.05) is 26.0 Å². The molecule has 0 aliphatic rings. The van der Waals surface area contributed by atoms with Crippen LogP contribution in [0.1, 0.15) is 40.2 Å². The van der Waals surface area contributed by atoms with Crippen LogP contribution in [-0.2, 0) is 10.2 Å². The lowest BCUT2D eigenvalue weighted by atomic mass is 9.87. The van der Waals surface area contributed by atoms with Crippen molar-refractivity contribution in [2.45, 2.75) is 46.1 Å². The van der Waals surface area contributed by atoms with Crippen molar-refractivity contribution in [2.24, 2.45) is 4.99 Å². The normalized spacial score (nSPS) is 12.6. The van der Waals surface area contributed by atoms with E-state index in [1.54, 1.807) is 13.2 Å². The van der Waals surface area contributed by atoms with Crippen molar-refractivity contribution in [1.29, 1.82) is 0 Å². The second-order valence-electron chi connectivity index (χ2n) is 6.63. The molecule has 0 saturated carbocycles. The Bertz CT molecular complexity index is 505. The number of guanidine groups is 1. The standard InChI is InChI=1S/C17H29N3O2/c1-12(2)19-16(18-9-10-22-6)20-14-11-13(17(3,4)5)7-8-15(14)21/h7-8,11-12,21H,9-10H2,1-6H3,(H2,18,19,20). The lowest BCUT2D eigenvalue weighted by Crippen LogP contribution is -2.36. The predicted molar refractivity (Wildman–Crippen MR) is 92.9 cm³/mol. The molecule has 1 rings (SSSR count). The molecule has 0 bridgehead atoms. The second kappa shape index (κ2) is 8.03. The van der Waals surface area contributed by atoms with E-state index in [1.165, 1.54) is 0 Å². The number of hydrogen-bond acceptors (Lipinski definition) is 3. The minimum absolute atomic E-state index is 0.0168. The molecule has 3 N–H and O–H groups in total. The summed E-state index contributed by atoms with van der Waals surface area (Å²) >= 11 is 0. The number of nitrogens with zero attached hydrogens (tertiary/aromatic N) is 1. The number of methoxy groups -OCH3 is 1. The summed E-state index contributed by atoms with van der Waals surface area (Å²) < 4.78 is 5.02. The van der Waals surface area contributed by atoms with Gasteiger partial charge in [-0.1, -0.05) is 26.8 Å². The van der Waals surface area contributed by atoms with Crippen LogP contribution in [0.25, 0.3) is 0 Å². The number of rotatable bonds is 5. The maximum Gasteiger partial charge on any atom is 0.196 e. The zero-order valence-electron chi connectivity index (χ0n) is 14.5. The molecule has 0 aliphatic carbocycles. The summed E-state index contributed by atoms with van der Waals surface area (Å²) in [4.78, 5) is 4.44. The molecule has 5 heteroatoms. The van der Waals surface area contributed by atoms with Crippen molar-refractivity contribution in [2.75, 3.05) is 25.6 Å². The highest BCUT2D eigenvalue weighted by Gasteiger charge is 2.16. The molecular weight excluding hydrogens is 278 g/mol. The van der Waals surface area contributed by atoms with Crippen LogP contribution in [-0.4, -0.2) is 37.4 Å². The van der Waals surface area contributed by atoms with Crippen molar-refractivity contribution in [3.05, 3.63) is 23.8 Å². The van der Waals surface area contributed by atoms with Crippen LogP contribution in [0.2, 0.25) is 0 Å². The topological polar surface area (TPSA) is 65.9 Å². The number of ether oxygens (including phenoxy) is 1. The summed E-state index contributed by atoms with van der Waals surface area (Å²) in [5.74, 6) is 0.839. The van der Waals surface area contributed by atoms with E-state index in [4.69, 9.17) is 4.74 Å². The van der Waals surface area contributed by atoms with Gasteiger partial charge < -0.3 is 20.5 Å². The Balaban J connectivity index is 2.99. The Kier molecular flexibility index (Phi) is 6.68. The van der Waals surface area contributed by atoms with E-state index in [0.717, 1.165) is 5.56 Å². The first-order chi connectivity index (χ1) is 10.2. The molecule has 0 saturated heterocycles. The van der Waals surface area contributed by atoms with Crippen molar-refractivity contribution >= 4 is 11.6 Å². The van der Waals surface area contributed by atoms with Gasteiger partial charge in [-0.05, 0) is 37.0 Å². The minimum Gasteiger partial charge on any atom is -0.506 e. The predicted octanol–water partition coefficient (Wildman–Crippen LogP) is 3.10. The smallest absolute Gasteiger partial charge is 0.196 e. The first kappa shape index (κ1) is 18.3. The summed E-state index contributed by atoms with van der Waals surface area (Å²) in [6, 6.07) is 5.86. The summed E-state index contributed by atoms with van der Waals surface area (Å²) in [5.41, 5.74) is 1.81. The summed E-state index contributed by atoms with van der Waals surface area (Å²) in [5, 5.41) is 16.5. The third kappa shape index (κ3) is 5.93. The van der Waals surface area contributed by atoms with Gasteiger partial charge in [0.25, 0.3) is 0 Å². The largest absolute Gasteiger partial charge is 0.506 e. The molecule has 124 valence electrons. The van der Waals surface area contributed by atoms with Crippen LogP contribution in [0.5, 0.6) is 5.75 Å². The molecule has 22 heavy (non-hydrogen) atoms. The first-order valence-electron chi connectivity index (χ1n) is 7.64. The van der Waals surface area contributed by atoms with Crippen molar-refractivity contribution in [3.63, 3.8) is 0 Å². The highest BCUT2D eigenvalue weighted by Crippen LogP contribution is 2.30. The van der Waals surface area contributed by atoms with E-state index in [-0.39, 0.29) is 17.2 Å². The lowest BCUT2D eigenvalue weighted by Gasteiger charge is -2.21. The van der Waals surface area contributed by atoms with Gasteiger partial charge in [-0.3, -0.25) is 4.99 Å². The van der Waals surface area contributed by atoms with Gasteiger partial charge in [-0.15, -0.1) is 0 Å². The Morgan fingerprint density at radius 1 is 1.32 bits per heavy atom. The highest BCUT2D eigenvalue weighted by molar-refractivity contribution is 5.95. The number of hydrogen-bond donors (Lipinski definition) is 3. The molecule has 0 atom stereocenters. The monoisotopic (exact) mass is 307 g/mol. The molecule has 0 spiro atoms. The third-order valence-corrected chi connectivity index (χ3v) is 3.11. The Hall–Kier alpha value is -1.75. The minimum atomic E-state index is 0.0168. The molecule has 1 aromatic rings. The fourth-order valence-electron chi connectivity index (χ4n) is 1.87. The molecule has 0 fully saturated rings. The number of aromatic hydroxyl groups is 1. The fraction of sp³-hybridized carbons (Fsp3) is 0.588. The van der Waals surface area contributed by atoms with E-state index in [2.05, 4.69) is 36.4 Å². The van der Waals surface area contributed by atoms with Crippen molar-refractivity contribution in [3.8, 4) is 5.75 Å². The molecular formula is C17H29N3O2. The molecule has 0 heterocycles. The number of phenolic OH excluding ortho intramolecular Hbond substituents is 1. The van der Waals surface area contributed by atoms with Crippen molar-refractivity contribution < 1.29 is 9.84 Å². The molecule has 0 radical (unpaired) electrons. The second-order valence-corrected chi connectivity index (χ2v) is 6.63. The van der Waals surface area contributed by atoms with Gasteiger partial charge in [-0.2, -0.15) is 0 Å². The average Bonchev–Trinajstić information content (AvgIpc) is 2.39. The zero-order chi connectivity index (χ0) is 16.8. The van der Waals surface area contributed by atoms with Crippen LogP contribution in [0.15, 0.2) is 23.2 Å². The number of anilines is 1. The van der Waals surface area contributed by atoms with Gasteiger partial charge in [0, 0.05) is 13.2 Å². The lowest BCUT2D eigenvalue weighted by molar-refractivity contribution is 0.208. The third-order valence-electron chi connectivity index (χ3n) is 3.11. The summed E-state index contributed by atoms with van der Waals surface area (Å²) in [6.07, 6.45) is 0. The molecule has 1 aromatic carbocycles. The number of phenols is 1. The van der Waals surface area contributed by atoms with E-state index >= 15 is 0 Å². The van der Waals surface area contributed by atoms with Gasteiger partial charge in [0.15, 0.2) is 5.96 Å². The fourth-order valence-corrected chi connectivity index (χ4v) is 1.87. The highest BCUT2D eigenvalue weighted by atomic mass is 16.5. The maximum atomic E-state index is 10.1. The van der Waals surface area contributed by atoms with Crippen LogP contribution >= 0.6 is 0 Å². The van der Waals surface area contributed by atoms with Gasteiger partial charge in [0.2, 0.25) is 0 Å². The summed E-state index contributed by atoms with van der Waals surface area (Å²) in [7, 11) is 1.65. The van der Waals surface area contributed by atoms with Gasteiger partial charge in [-0.25, -0.2) is 0 Å². The van der Waals surface area contributed by atoms with E-state index in [0.29, 0.717) is 24.8 Å².